The Bertz CT molecular complexity index is 1200. The van der Waals surface area contributed by atoms with Crippen LogP contribution < -0.4 is 5.56 Å². The van der Waals surface area contributed by atoms with E-state index in [0.29, 0.717) is 11.4 Å². The summed E-state index contributed by atoms with van der Waals surface area (Å²) in [6.45, 7) is 6.06. The summed E-state index contributed by atoms with van der Waals surface area (Å²) in [4.78, 5) is 13.1. The van der Waals surface area contributed by atoms with E-state index in [0.717, 1.165) is 29.1 Å². The van der Waals surface area contributed by atoms with Gasteiger partial charge in [0.25, 0.3) is 5.56 Å². The van der Waals surface area contributed by atoms with Gasteiger partial charge < -0.3 is 0 Å². The highest BCUT2D eigenvalue weighted by Crippen LogP contribution is 2.40. The van der Waals surface area contributed by atoms with Crippen LogP contribution in [-0.4, -0.2) is 9.78 Å². The minimum atomic E-state index is -0.182. The number of thioether (sulfide) groups is 1. The first kappa shape index (κ1) is 21.1. The van der Waals surface area contributed by atoms with Gasteiger partial charge in [-0.2, -0.15) is 5.11 Å². The number of aromatic amines is 1. The van der Waals surface area contributed by atoms with E-state index in [9.17, 15) is 4.79 Å². The summed E-state index contributed by atoms with van der Waals surface area (Å²) < 4.78 is 1.59. The van der Waals surface area contributed by atoms with E-state index in [2.05, 4.69) is 58.0 Å². The topological polar surface area (TPSA) is 62.5 Å². The third-order valence-electron chi connectivity index (χ3n) is 5.32. The molecule has 0 aliphatic carbocycles. The molecule has 1 unspecified atom stereocenters. The molecule has 158 valence electrons. The fraction of sp³-hybridized carbons (Fsp3) is 0.240. The summed E-state index contributed by atoms with van der Waals surface area (Å²) in [7, 11) is 0. The van der Waals surface area contributed by atoms with Crippen molar-refractivity contribution in [3.8, 4) is 0 Å². The summed E-state index contributed by atoms with van der Waals surface area (Å²) in [5.74, 6) is 0.261. The molecule has 0 radical (unpaired) electrons. The average molecular weight is 431 g/mol. The molecule has 2 aromatic carbocycles. The highest BCUT2D eigenvalue weighted by molar-refractivity contribution is 8.10. The van der Waals surface area contributed by atoms with E-state index in [1.165, 1.54) is 11.1 Å². The number of nitrogens with one attached hydrogen (secondary N) is 1. The lowest BCUT2D eigenvalue weighted by molar-refractivity contribution is 0.702. The van der Waals surface area contributed by atoms with Crippen molar-refractivity contribution in [2.45, 2.75) is 33.6 Å². The Morgan fingerprint density at radius 2 is 1.77 bits per heavy atom. The fourth-order valence-electron chi connectivity index (χ4n) is 3.63. The van der Waals surface area contributed by atoms with Gasteiger partial charge in [-0.1, -0.05) is 73.1 Å². The average Bonchev–Trinajstić information content (AvgIpc) is 3.07. The van der Waals surface area contributed by atoms with Gasteiger partial charge in [-0.3, -0.25) is 9.89 Å². The lowest BCUT2D eigenvalue weighted by atomic mass is 9.90. The predicted molar refractivity (Wildman–Crippen MR) is 130 cm³/mol. The summed E-state index contributed by atoms with van der Waals surface area (Å²) in [5, 5.41) is 14.7. The molecule has 0 fully saturated rings. The van der Waals surface area contributed by atoms with Gasteiger partial charge in [-0.25, -0.2) is 4.68 Å². The van der Waals surface area contributed by atoms with Gasteiger partial charge in [-0.15, -0.1) is 5.11 Å². The summed E-state index contributed by atoms with van der Waals surface area (Å²) in [5.41, 5.74) is 5.27. The Hall–Kier alpha value is -3.12. The zero-order valence-electron chi connectivity index (χ0n) is 18.0. The quantitative estimate of drug-likeness (QED) is 0.420. The van der Waals surface area contributed by atoms with Crippen molar-refractivity contribution >= 4 is 33.7 Å². The van der Waals surface area contributed by atoms with Crippen LogP contribution in [0, 0.1) is 19.8 Å². The molecule has 1 aliphatic heterocycles. The highest BCUT2D eigenvalue weighted by atomic mass is 32.2. The normalized spacial score (nSPS) is 16.4. The molecule has 3 aromatic rings. The third kappa shape index (κ3) is 4.64. The Balaban J connectivity index is 1.63. The number of hydrogen-bond donors (Lipinski definition) is 1. The van der Waals surface area contributed by atoms with Crippen LogP contribution in [-0.2, 0) is 0 Å². The number of aryl methyl sites for hydroxylation is 2. The molecular weight excluding hydrogens is 404 g/mol. The van der Waals surface area contributed by atoms with Crippen LogP contribution in [0.1, 0.15) is 36.6 Å². The molecule has 0 saturated carbocycles. The number of aromatic nitrogens is 2. The van der Waals surface area contributed by atoms with Crippen LogP contribution in [0.4, 0.5) is 11.4 Å². The van der Waals surface area contributed by atoms with Crippen molar-refractivity contribution in [3.63, 3.8) is 0 Å². The maximum atomic E-state index is 13.1. The van der Waals surface area contributed by atoms with E-state index in [-0.39, 0.29) is 11.5 Å². The smallest absolute Gasteiger partial charge is 0.293 e. The number of H-pyrrole nitrogens is 1. The fourth-order valence-corrected chi connectivity index (χ4v) is 4.67. The molecule has 0 spiro atoms. The van der Waals surface area contributed by atoms with Gasteiger partial charge in [0, 0.05) is 5.92 Å². The molecule has 0 saturated heterocycles. The van der Waals surface area contributed by atoms with Crippen LogP contribution in [0.2, 0.25) is 0 Å². The Kier molecular flexibility index (Phi) is 6.37. The monoisotopic (exact) mass is 430 g/mol. The molecule has 2 heterocycles. The number of rotatable bonds is 6. The minimum Gasteiger partial charge on any atom is -0.293 e. The van der Waals surface area contributed by atoms with Crippen molar-refractivity contribution in [2.75, 3.05) is 0 Å². The molecule has 5 nitrogen and oxygen atoms in total. The molecule has 6 heteroatoms. The lowest BCUT2D eigenvalue weighted by Gasteiger charge is -2.23. The predicted octanol–water partition coefficient (Wildman–Crippen LogP) is 7.21. The zero-order chi connectivity index (χ0) is 21.8. The standard InChI is InChI=1S/C25H26N4OS/c1-4-8-20-15-23(31-16-22(20)19-9-6-5-7-10-19)29-25(30)24(18(3)28-29)27-26-21-13-11-17(2)12-14-21/h5-7,9-16,20,28H,4,8H2,1-3H3. The number of hydrogen-bond acceptors (Lipinski definition) is 4. The van der Waals surface area contributed by atoms with Crippen molar-refractivity contribution in [1.82, 2.24) is 9.78 Å². The second kappa shape index (κ2) is 9.35. The van der Waals surface area contributed by atoms with Crippen LogP contribution >= 0.6 is 11.8 Å². The Morgan fingerprint density at radius 3 is 2.48 bits per heavy atom. The second-order valence-corrected chi connectivity index (χ2v) is 8.61. The van der Waals surface area contributed by atoms with Gasteiger partial charge in [0.15, 0.2) is 5.69 Å². The summed E-state index contributed by atoms with van der Waals surface area (Å²) in [6.07, 6.45) is 4.28. The van der Waals surface area contributed by atoms with E-state index in [1.54, 1.807) is 16.4 Å². The number of benzene rings is 2. The molecular formula is C25H26N4OS. The molecule has 0 amide bonds. The second-order valence-electron chi connectivity index (χ2n) is 7.72. The maximum Gasteiger partial charge on any atom is 0.299 e. The van der Waals surface area contributed by atoms with E-state index in [1.807, 2.05) is 44.2 Å². The van der Waals surface area contributed by atoms with Gasteiger partial charge in [0.05, 0.1) is 11.4 Å². The first-order chi connectivity index (χ1) is 15.1. The van der Waals surface area contributed by atoms with Crippen LogP contribution in [0.15, 0.2) is 81.1 Å². The van der Waals surface area contributed by atoms with Crippen molar-refractivity contribution < 1.29 is 0 Å². The van der Waals surface area contributed by atoms with Gasteiger partial charge in [0.1, 0.15) is 5.03 Å². The van der Waals surface area contributed by atoms with Crippen LogP contribution in [0.25, 0.3) is 10.6 Å². The molecule has 1 N–H and O–H groups in total. The molecule has 31 heavy (non-hydrogen) atoms. The van der Waals surface area contributed by atoms with E-state index < -0.39 is 0 Å². The number of nitrogens with zero attached hydrogens (tertiary/aromatic N) is 3. The molecule has 4 rings (SSSR count). The van der Waals surface area contributed by atoms with E-state index >= 15 is 0 Å². The first-order valence-corrected chi connectivity index (χ1v) is 11.4. The van der Waals surface area contributed by atoms with Crippen molar-refractivity contribution in [1.29, 1.82) is 0 Å². The molecule has 1 aromatic heterocycles. The first-order valence-electron chi connectivity index (χ1n) is 10.5. The van der Waals surface area contributed by atoms with Gasteiger partial charge >= 0.3 is 0 Å². The van der Waals surface area contributed by atoms with E-state index in [4.69, 9.17) is 0 Å². The van der Waals surface area contributed by atoms with Gasteiger partial charge in [-0.05, 0) is 55.0 Å². The van der Waals surface area contributed by atoms with Crippen LogP contribution in [0.3, 0.4) is 0 Å². The minimum absolute atomic E-state index is 0.182. The third-order valence-corrected chi connectivity index (χ3v) is 6.25. The number of azo groups is 1. The SMILES string of the molecule is CCCC1C=C(n2[nH]c(C)c(N=Nc3ccc(C)cc3)c2=O)SC=C1c1ccccc1. The van der Waals surface area contributed by atoms with Crippen molar-refractivity contribution in [2.24, 2.45) is 16.1 Å². The maximum absolute atomic E-state index is 13.1. The van der Waals surface area contributed by atoms with Crippen molar-refractivity contribution in [3.05, 3.63) is 93.3 Å². The van der Waals surface area contributed by atoms with Gasteiger partial charge in [0.2, 0.25) is 0 Å². The summed E-state index contributed by atoms with van der Waals surface area (Å²) >= 11 is 1.56. The lowest BCUT2D eigenvalue weighted by Crippen LogP contribution is -2.16. The van der Waals surface area contributed by atoms with Crippen LogP contribution in [0.5, 0.6) is 0 Å². The summed E-state index contributed by atoms with van der Waals surface area (Å²) in [6, 6.07) is 18.2. The zero-order valence-corrected chi connectivity index (χ0v) is 18.8. The molecule has 1 aliphatic rings. The largest absolute Gasteiger partial charge is 0.299 e. The molecule has 1 atom stereocenters. The molecule has 0 bridgehead atoms. The Labute approximate surface area is 186 Å². The Morgan fingerprint density at radius 1 is 1.03 bits per heavy atom. The number of allylic oxidation sites excluding steroid dienone is 2. The highest BCUT2D eigenvalue weighted by Gasteiger charge is 2.22.